The molecule has 2 heterocycles. The largest absolute Gasteiger partial charge is 0.352 e. The van der Waals surface area contributed by atoms with Crippen molar-refractivity contribution in [3.05, 3.63) is 59.3 Å². The standard InChI is InChI=1S/C11H12N2O/c14-11-5-1-2-8-13(11)10-9-12-6-3-4-7-12/h1-8H,9-10H2. The van der Waals surface area contributed by atoms with E-state index in [2.05, 4.69) is 4.57 Å². The van der Waals surface area contributed by atoms with E-state index in [0.29, 0.717) is 6.54 Å². The van der Waals surface area contributed by atoms with Crippen LogP contribution in [0.4, 0.5) is 0 Å². The zero-order valence-electron chi connectivity index (χ0n) is 7.84. The van der Waals surface area contributed by atoms with E-state index in [9.17, 15) is 4.79 Å². The molecule has 0 radical (unpaired) electrons. The van der Waals surface area contributed by atoms with Crippen LogP contribution in [-0.4, -0.2) is 9.13 Å². The molecule has 0 saturated heterocycles. The first-order valence-corrected chi connectivity index (χ1v) is 4.62. The number of aromatic nitrogens is 2. The Morgan fingerprint density at radius 3 is 2.36 bits per heavy atom. The van der Waals surface area contributed by atoms with Gasteiger partial charge in [-0.05, 0) is 18.2 Å². The number of hydrogen-bond acceptors (Lipinski definition) is 1. The predicted molar refractivity (Wildman–Crippen MR) is 55.1 cm³/mol. The molecule has 0 bridgehead atoms. The minimum atomic E-state index is 0.0552. The minimum Gasteiger partial charge on any atom is -0.352 e. The average molecular weight is 188 g/mol. The Morgan fingerprint density at radius 1 is 0.929 bits per heavy atom. The third kappa shape index (κ3) is 1.93. The van der Waals surface area contributed by atoms with Gasteiger partial charge in [-0.3, -0.25) is 4.79 Å². The summed E-state index contributed by atoms with van der Waals surface area (Å²) >= 11 is 0. The molecule has 2 aromatic heterocycles. The quantitative estimate of drug-likeness (QED) is 0.714. The number of hydrogen-bond donors (Lipinski definition) is 0. The summed E-state index contributed by atoms with van der Waals surface area (Å²) in [7, 11) is 0. The van der Waals surface area contributed by atoms with E-state index >= 15 is 0 Å². The molecule has 0 saturated carbocycles. The molecule has 0 N–H and O–H groups in total. The van der Waals surface area contributed by atoms with Gasteiger partial charge in [0.1, 0.15) is 0 Å². The van der Waals surface area contributed by atoms with Crippen LogP contribution < -0.4 is 5.56 Å². The highest BCUT2D eigenvalue weighted by Crippen LogP contribution is 1.91. The summed E-state index contributed by atoms with van der Waals surface area (Å²) in [4.78, 5) is 11.3. The van der Waals surface area contributed by atoms with Gasteiger partial charge < -0.3 is 9.13 Å². The van der Waals surface area contributed by atoms with Crippen LogP contribution in [0.1, 0.15) is 0 Å². The number of rotatable bonds is 3. The van der Waals surface area contributed by atoms with Gasteiger partial charge in [0, 0.05) is 37.7 Å². The number of nitrogens with zero attached hydrogens (tertiary/aromatic N) is 2. The van der Waals surface area contributed by atoms with Crippen LogP contribution in [0.25, 0.3) is 0 Å². The molecule has 0 amide bonds. The lowest BCUT2D eigenvalue weighted by molar-refractivity contribution is 0.567. The molecular weight excluding hydrogens is 176 g/mol. The average Bonchev–Trinajstić information content (AvgIpc) is 2.69. The van der Waals surface area contributed by atoms with E-state index in [-0.39, 0.29) is 5.56 Å². The van der Waals surface area contributed by atoms with Crippen molar-refractivity contribution in [1.82, 2.24) is 9.13 Å². The van der Waals surface area contributed by atoms with E-state index in [1.54, 1.807) is 16.7 Å². The molecule has 3 nitrogen and oxygen atoms in total. The maximum atomic E-state index is 11.3. The van der Waals surface area contributed by atoms with Crippen LogP contribution in [-0.2, 0) is 13.1 Å². The van der Waals surface area contributed by atoms with Crippen molar-refractivity contribution in [2.24, 2.45) is 0 Å². The predicted octanol–water partition coefficient (Wildman–Crippen LogP) is 1.35. The van der Waals surface area contributed by atoms with Gasteiger partial charge in [0.15, 0.2) is 0 Å². The molecule has 0 aliphatic carbocycles. The van der Waals surface area contributed by atoms with Gasteiger partial charge in [0.05, 0.1) is 0 Å². The van der Waals surface area contributed by atoms with Crippen LogP contribution in [0.5, 0.6) is 0 Å². The molecule has 0 spiro atoms. The normalized spacial score (nSPS) is 10.3. The molecule has 14 heavy (non-hydrogen) atoms. The first-order chi connectivity index (χ1) is 6.86. The number of aryl methyl sites for hydroxylation is 2. The van der Waals surface area contributed by atoms with E-state index < -0.39 is 0 Å². The van der Waals surface area contributed by atoms with Gasteiger partial charge >= 0.3 is 0 Å². The van der Waals surface area contributed by atoms with E-state index in [1.165, 1.54) is 0 Å². The van der Waals surface area contributed by atoms with Crippen molar-refractivity contribution in [3.8, 4) is 0 Å². The smallest absolute Gasteiger partial charge is 0.250 e. The lowest BCUT2D eigenvalue weighted by Crippen LogP contribution is -2.20. The Labute approximate surface area is 82.2 Å². The molecule has 0 unspecified atom stereocenters. The highest BCUT2D eigenvalue weighted by Gasteiger charge is 1.93. The summed E-state index contributed by atoms with van der Waals surface area (Å²) in [6.45, 7) is 1.55. The van der Waals surface area contributed by atoms with Crippen molar-refractivity contribution in [2.45, 2.75) is 13.1 Å². The summed E-state index contributed by atoms with van der Waals surface area (Å²) in [5.74, 6) is 0. The first-order valence-electron chi connectivity index (χ1n) is 4.62. The second-order valence-electron chi connectivity index (χ2n) is 3.15. The summed E-state index contributed by atoms with van der Waals surface area (Å²) in [5.41, 5.74) is 0.0552. The van der Waals surface area contributed by atoms with Crippen molar-refractivity contribution in [3.63, 3.8) is 0 Å². The first kappa shape index (κ1) is 8.81. The molecule has 72 valence electrons. The van der Waals surface area contributed by atoms with Crippen LogP contribution in [0, 0.1) is 0 Å². The van der Waals surface area contributed by atoms with Crippen LogP contribution in [0.15, 0.2) is 53.7 Å². The van der Waals surface area contributed by atoms with Crippen LogP contribution >= 0.6 is 0 Å². The Morgan fingerprint density at radius 2 is 1.64 bits per heavy atom. The van der Waals surface area contributed by atoms with Crippen LogP contribution in [0.2, 0.25) is 0 Å². The maximum absolute atomic E-state index is 11.3. The lowest BCUT2D eigenvalue weighted by atomic mass is 10.4. The molecule has 2 rings (SSSR count). The van der Waals surface area contributed by atoms with E-state index in [4.69, 9.17) is 0 Å². The maximum Gasteiger partial charge on any atom is 0.250 e. The third-order valence-corrected chi connectivity index (χ3v) is 2.16. The van der Waals surface area contributed by atoms with Crippen molar-refractivity contribution < 1.29 is 0 Å². The van der Waals surface area contributed by atoms with Crippen molar-refractivity contribution in [2.75, 3.05) is 0 Å². The van der Waals surface area contributed by atoms with Crippen molar-refractivity contribution in [1.29, 1.82) is 0 Å². The Bertz CT molecular complexity index is 442. The highest BCUT2D eigenvalue weighted by molar-refractivity contribution is 4.94. The molecule has 0 aliphatic heterocycles. The molecule has 0 aliphatic rings. The zero-order valence-corrected chi connectivity index (χ0v) is 7.84. The minimum absolute atomic E-state index is 0.0552. The summed E-state index contributed by atoms with van der Waals surface area (Å²) < 4.78 is 3.76. The molecule has 2 aromatic rings. The summed E-state index contributed by atoms with van der Waals surface area (Å²) in [5, 5.41) is 0. The Hall–Kier alpha value is -1.77. The number of pyridine rings is 1. The third-order valence-electron chi connectivity index (χ3n) is 2.16. The lowest BCUT2D eigenvalue weighted by Gasteiger charge is -2.05. The highest BCUT2D eigenvalue weighted by atomic mass is 16.1. The molecular formula is C11H12N2O. The monoisotopic (exact) mass is 188 g/mol. The fourth-order valence-electron chi connectivity index (χ4n) is 1.39. The molecule has 0 atom stereocenters. The van der Waals surface area contributed by atoms with Gasteiger partial charge in [-0.25, -0.2) is 0 Å². The van der Waals surface area contributed by atoms with Gasteiger partial charge in [-0.1, -0.05) is 6.07 Å². The second kappa shape index (κ2) is 3.96. The zero-order chi connectivity index (χ0) is 9.80. The molecule has 0 aromatic carbocycles. The molecule has 3 heteroatoms. The van der Waals surface area contributed by atoms with Gasteiger partial charge in [0.2, 0.25) is 0 Å². The van der Waals surface area contributed by atoms with E-state index in [0.717, 1.165) is 6.54 Å². The van der Waals surface area contributed by atoms with Gasteiger partial charge in [-0.2, -0.15) is 0 Å². The Kier molecular flexibility index (Phi) is 2.49. The van der Waals surface area contributed by atoms with E-state index in [1.807, 2.05) is 36.8 Å². The molecule has 0 fully saturated rings. The Balaban J connectivity index is 2.06. The van der Waals surface area contributed by atoms with Crippen LogP contribution in [0.3, 0.4) is 0 Å². The second-order valence-corrected chi connectivity index (χ2v) is 3.15. The SMILES string of the molecule is O=c1ccccn1CCn1cccc1. The summed E-state index contributed by atoms with van der Waals surface area (Å²) in [6, 6.07) is 9.17. The van der Waals surface area contributed by atoms with Gasteiger partial charge in [0.25, 0.3) is 5.56 Å². The fraction of sp³-hybridized carbons (Fsp3) is 0.182. The fourth-order valence-corrected chi connectivity index (χ4v) is 1.39. The van der Waals surface area contributed by atoms with Crippen molar-refractivity contribution >= 4 is 0 Å². The van der Waals surface area contributed by atoms with Gasteiger partial charge in [-0.15, -0.1) is 0 Å². The topological polar surface area (TPSA) is 26.9 Å². The summed E-state index contributed by atoms with van der Waals surface area (Å²) in [6.07, 6.45) is 5.80.